The van der Waals surface area contributed by atoms with Crippen molar-refractivity contribution in [1.29, 1.82) is 0 Å². The molecule has 0 spiro atoms. The molecule has 0 radical (unpaired) electrons. The summed E-state index contributed by atoms with van der Waals surface area (Å²) in [6.45, 7) is 5.38. The third-order valence-corrected chi connectivity index (χ3v) is 4.47. The highest BCUT2D eigenvalue weighted by Crippen LogP contribution is 2.23. The normalized spacial score (nSPS) is 18.9. The van der Waals surface area contributed by atoms with Gasteiger partial charge in [-0.3, -0.25) is 0 Å². The number of piperidine rings is 1. The van der Waals surface area contributed by atoms with Gasteiger partial charge in [-0.05, 0) is 62.5 Å². The Morgan fingerprint density at radius 1 is 1.19 bits per heavy atom. The van der Waals surface area contributed by atoms with Gasteiger partial charge >= 0.3 is 0 Å². The molecule has 2 rings (SSSR count). The van der Waals surface area contributed by atoms with E-state index in [2.05, 4.69) is 11.8 Å². The summed E-state index contributed by atoms with van der Waals surface area (Å²) in [5.41, 5.74) is 6.61. The lowest BCUT2D eigenvalue weighted by atomic mass is 9.92. The van der Waals surface area contributed by atoms with E-state index >= 15 is 0 Å². The zero-order valence-electron chi connectivity index (χ0n) is 12.8. The van der Waals surface area contributed by atoms with E-state index in [4.69, 9.17) is 5.73 Å². The Bertz CT molecular complexity index is 422. The standard InChI is InChI=1S/C17H26F2N2/c1-2-3-13-4-7-21(8-5-13)9-6-17(20)14-10-15(18)12-16(19)11-14/h10-13,17H,2-9,20H2,1H3. The van der Waals surface area contributed by atoms with Crippen molar-refractivity contribution in [3.05, 3.63) is 35.4 Å². The first kappa shape index (κ1) is 16.4. The highest BCUT2D eigenvalue weighted by atomic mass is 19.1. The van der Waals surface area contributed by atoms with Crippen LogP contribution in [0, 0.1) is 17.6 Å². The quantitative estimate of drug-likeness (QED) is 0.863. The summed E-state index contributed by atoms with van der Waals surface area (Å²) in [6.07, 6.45) is 5.85. The van der Waals surface area contributed by atoms with Crippen molar-refractivity contribution in [2.45, 2.75) is 45.1 Å². The molecule has 0 saturated carbocycles. The number of rotatable bonds is 6. The minimum absolute atomic E-state index is 0.302. The van der Waals surface area contributed by atoms with Gasteiger partial charge < -0.3 is 10.6 Å². The highest BCUT2D eigenvalue weighted by molar-refractivity contribution is 5.21. The Kier molecular flexibility index (Phi) is 6.12. The van der Waals surface area contributed by atoms with Crippen molar-refractivity contribution in [2.75, 3.05) is 19.6 Å². The van der Waals surface area contributed by atoms with Gasteiger partial charge in [0.15, 0.2) is 0 Å². The molecule has 1 atom stereocenters. The zero-order valence-corrected chi connectivity index (χ0v) is 12.8. The molecule has 1 aliphatic heterocycles. The summed E-state index contributed by atoms with van der Waals surface area (Å²) in [5, 5.41) is 0. The van der Waals surface area contributed by atoms with Gasteiger partial charge in [-0.15, -0.1) is 0 Å². The van der Waals surface area contributed by atoms with Crippen molar-refractivity contribution >= 4 is 0 Å². The monoisotopic (exact) mass is 296 g/mol. The van der Waals surface area contributed by atoms with Gasteiger partial charge in [0.2, 0.25) is 0 Å². The molecule has 1 aromatic rings. The molecule has 0 amide bonds. The second-order valence-corrected chi connectivity index (χ2v) is 6.17. The molecule has 1 unspecified atom stereocenters. The maximum atomic E-state index is 13.2. The van der Waals surface area contributed by atoms with Crippen LogP contribution < -0.4 is 5.73 Å². The van der Waals surface area contributed by atoms with Crippen LogP contribution in [0.5, 0.6) is 0 Å². The van der Waals surface area contributed by atoms with Gasteiger partial charge in [-0.25, -0.2) is 8.78 Å². The fourth-order valence-corrected chi connectivity index (χ4v) is 3.18. The maximum Gasteiger partial charge on any atom is 0.126 e. The van der Waals surface area contributed by atoms with Crippen LogP contribution in [0.1, 0.15) is 50.6 Å². The summed E-state index contributed by atoms with van der Waals surface area (Å²) in [5.74, 6) is -0.237. The van der Waals surface area contributed by atoms with Crippen LogP contribution in [-0.2, 0) is 0 Å². The topological polar surface area (TPSA) is 29.3 Å². The van der Waals surface area contributed by atoms with E-state index in [0.29, 0.717) is 5.56 Å². The molecule has 21 heavy (non-hydrogen) atoms. The number of nitrogens with two attached hydrogens (primary N) is 1. The van der Waals surface area contributed by atoms with E-state index in [1.807, 2.05) is 0 Å². The summed E-state index contributed by atoms with van der Waals surface area (Å²) in [4.78, 5) is 2.42. The van der Waals surface area contributed by atoms with Crippen LogP contribution in [0.3, 0.4) is 0 Å². The molecule has 118 valence electrons. The molecule has 1 aromatic carbocycles. The van der Waals surface area contributed by atoms with Gasteiger partial charge in [-0.1, -0.05) is 19.8 Å². The largest absolute Gasteiger partial charge is 0.324 e. The molecule has 1 saturated heterocycles. The molecule has 0 bridgehead atoms. The van der Waals surface area contributed by atoms with Gasteiger partial charge in [-0.2, -0.15) is 0 Å². The number of halogens is 2. The number of benzene rings is 1. The van der Waals surface area contributed by atoms with Gasteiger partial charge in [0, 0.05) is 12.1 Å². The lowest BCUT2D eigenvalue weighted by molar-refractivity contribution is 0.174. The van der Waals surface area contributed by atoms with Crippen LogP contribution in [0.25, 0.3) is 0 Å². The Labute approximate surface area is 126 Å². The van der Waals surface area contributed by atoms with E-state index in [9.17, 15) is 8.78 Å². The molecule has 2 nitrogen and oxygen atoms in total. The Morgan fingerprint density at radius 2 is 1.81 bits per heavy atom. The fourth-order valence-electron chi connectivity index (χ4n) is 3.18. The van der Waals surface area contributed by atoms with Crippen molar-refractivity contribution in [3.8, 4) is 0 Å². The molecule has 0 aliphatic carbocycles. The second kappa shape index (κ2) is 7.85. The van der Waals surface area contributed by atoms with Crippen molar-refractivity contribution in [3.63, 3.8) is 0 Å². The molecule has 4 heteroatoms. The minimum Gasteiger partial charge on any atom is -0.324 e. The van der Waals surface area contributed by atoms with Gasteiger partial charge in [0.1, 0.15) is 11.6 Å². The summed E-state index contributed by atoms with van der Waals surface area (Å²) < 4.78 is 26.4. The smallest absolute Gasteiger partial charge is 0.126 e. The highest BCUT2D eigenvalue weighted by Gasteiger charge is 2.19. The molecule has 2 N–H and O–H groups in total. The minimum atomic E-state index is -0.555. The van der Waals surface area contributed by atoms with E-state index in [1.54, 1.807) is 0 Å². The maximum absolute atomic E-state index is 13.2. The fraction of sp³-hybridized carbons (Fsp3) is 0.647. The molecule has 1 heterocycles. The molecule has 1 fully saturated rings. The zero-order chi connectivity index (χ0) is 15.2. The van der Waals surface area contributed by atoms with Crippen LogP contribution in [0.2, 0.25) is 0 Å². The van der Waals surface area contributed by atoms with Gasteiger partial charge in [0.25, 0.3) is 0 Å². The number of nitrogens with zero attached hydrogens (tertiary/aromatic N) is 1. The number of hydrogen-bond acceptors (Lipinski definition) is 2. The summed E-state index contributed by atoms with van der Waals surface area (Å²) in [6, 6.07) is 3.25. The predicted octanol–water partition coefficient (Wildman–Crippen LogP) is 3.87. The number of likely N-dealkylation sites (tertiary alicyclic amines) is 1. The second-order valence-electron chi connectivity index (χ2n) is 6.17. The van der Waals surface area contributed by atoms with Crippen LogP contribution in [-0.4, -0.2) is 24.5 Å². The lowest BCUT2D eigenvalue weighted by Gasteiger charge is -2.32. The lowest BCUT2D eigenvalue weighted by Crippen LogP contribution is -2.35. The first-order valence-electron chi connectivity index (χ1n) is 8.02. The first-order valence-corrected chi connectivity index (χ1v) is 8.02. The molecular weight excluding hydrogens is 270 g/mol. The van der Waals surface area contributed by atoms with Crippen LogP contribution in [0.15, 0.2) is 18.2 Å². The van der Waals surface area contributed by atoms with Crippen molar-refractivity contribution < 1.29 is 8.78 Å². The summed E-state index contributed by atoms with van der Waals surface area (Å²) >= 11 is 0. The third kappa shape index (κ3) is 5.04. The Hall–Kier alpha value is -1.00. The predicted molar refractivity (Wildman–Crippen MR) is 82.0 cm³/mol. The molecule has 0 aromatic heterocycles. The summed E-state index contributed by atoms with van der Waals surface area (Å²) in [7, 11) is 0. The van der Waals surface area contributed by atoms with Crippen LogP contribution in [0.4, 0.5) is 8.78 Å². The Balaban J connectivity index is 1.78. The van der Waals surface area contributed by atoms with E-state index in [-0.39, 0.29) is 6.04 Å². The molecule has 1 aliphatic rings. The van der Waals surface area contributed by atoms with Gasteiger partial charge in [0.05, 0.1) is 0 Å². The average Bonchev–Trinajstić information content (AvgIpc) is 2.45. The van der Waals surface area contributed by atoms with E-state index in [1.165, 1.54) is 37.8 Å². The first-order chi connectivity index (χ1) is 10.1. The Morgan fingerprint density at radius 3 is 2.38 bits per heavy atom. The van der Waals surface area contributed by atoms with E-state index < -0.39 is 11.6 Å². The SMILES string of the molecule is CCCC1CCN(CCC(N)c2cc(F)cc(F)c2)CC1. The average molecular weight is 296 g/mol. The van der Waals surface area contributed by atoms with Crippen molar-refractivity contribution in [1.82, 2.24) is 4.90 Å². The van der Waals surface area contributed by atoms with Crippen LogP contribution >= 0.6 is 0 Å². The number of hydrogen-bond donors (Lipinski definition) is 1. The van der Waals surface area contributed by atoms with E-state index in [0.717, 1.165) is 38.0 Å². The van der Waals surface area contributed by atoms with Crippen molar-refractivity contribution in [2.24, 2.45) is 11.7 Å². The molecular formula is C17H26F2N2. The third-order valence-electron chi connectivity index (χ3n) is 4.47.